The molecule has 1 rings (SSSR count). The number of nitrogens with two attached hydrogens (primary N) is 1. The number of rotatable bonds is 4. The summed E-state index contributed by atoms with van der Waals surface area (Å²) in [5, 5.41) is 0. The molecular weight excluding hydrogens is 178 g/mol. The lowest BCUT2D eigenvalue weighted by atomic mass is 10.1. The number of amides is 1. The van der Waals surface area contributed by atoms with E-state index < -0.39 is 0 Å². The van der Waals surface area contributed by atoms with Crippen LogP contribution < -0.4 is 5.73 Å². The van der Waals surface area contributed by atoms with Gasteiger partial charge < -0.3 is 15.5 Å². The fourth-order valence-electron chi connectivity index (χ4n) is 1.73. The largest absolute Gasteiger partial charge is 0.342 e. The van der Waals surface area contributed by atoms with Gasteiger partial charge >= 0.3 is 0 Å². The Labute approximate surface area is 86.0 Å². The van der Waals surface area contributed by atoms with Crippen LogP contribution in [0.3, 0.4) is 0 Å². The Morgan fingerprint density at radius 3 is 2.79 bits per heavy atom. The van der Waals surface area contributed by atoms with E-state index in [-0.39, 0.29) is 5.91 Å². The second kappa shape index (κ2) is 5.32. The Morgan fingerprint density at radius 2 is 2.29 bits per heavy atom. The summed E-state index contributed by atoms with van der Waals surface area (Å²) < 4.78 is 0. The number of hydrogen-bond acceptors (Lipinski definition) is 3. The van der Waals surface area contributed by atoms with Crippen molar-refractivity contribution in [1.29, 1.82) is 0 Å². The van der Waals surface area contributed by atoms with Crippen LogP contribution in [0.25, 0.3) is 0 Å². The number of carbonyl (C=O) groups is 1. The van der Waals surface area contributed by atoms with Gasteiger partial charge in [0.15, 0.2) is 0 Å². The van der Waals surface area contributed by atoms with Crippen molar-refractivity contribution >= 4 is 5.91 Å². The molecule has 1 amide bonds. The van der Waals surface area contributed by atoms with Crippen molar-refractivity contribution in [1.82, 2.24) is 9.80 Å². The number of likely N-dealkylation sites (tertiary alicyclic amines) is 1. The van der Waals surface area contributed by atoms with Gasteiger partial charge in [-0.1, -0.05) is 0 Å². The first-order chi connectivity index (χ1) is 6.63. The average molecular weight is 199 g/mol. The molecular formula is C10H21N3O. The van der Waals surface area contributed by atoms with E-state index in [1.807, 2.05) is 23.9 Å². The smallest absolute Gasteiger partial charge is 0.223 e. The van der Waals surface area contributed by atoms with Gasteiger partial charge in [0.2, 0.25) is 5.91 Å². The maximum atomic E-state index is 11.7. The highest BCUT2D eigenvalue weighted by atomic mass is 16.2. The van der Waals surface area contributed by atoms with E-state index in [0.717, 1.165) is 26.1 Å². The minimum atomic E-state index is 0.273. The highest BCUT2D eigenvalue weighted by Gasteiger charge is 2.24. The van der Waals surface area contributed by atoms with Crippen LogP contribution in [0.2, 0.25) is 0 Å². The Kier molecular flexibility index (Phi) is 4.35. The Hall–Kier alpha value is -0.610. The number of carbonyl (C=O) groups excluding carboxylic acids is 1. The van der Waals surface area contributed by atoms with Crippen LogP contribution in [-0.2, 0) is 4.79 Å². The van der Waals surface area contributed by atoms with Crippen molar-refractivity contribution in [3.8, 4) is 0 Å². The third-order valence-electron chi connectivity index (χ3n) is 2.74. The minimum absolute atomic E-state index is 0.273. The van der Waals surface area contributed by atoms with Crippen LogP contribution >= 0.6 is 0 Å². The number of nitrogens with zero attached hydrogens (tertiary/aromatic N) is 2. The van der Waals surface area contributed by atoms with Crippen LogP contribution in [0.15, 0.2) is 0 Å². The van der Waals surface area contributed by atoms with E-state index in [1.54, 1.807) is 0 Å². The topological polar surface area (TPSA) is 49.6 Å². The molecule has 14 heavy (non-hydrogen) atoms. The van der Waals surface area contributed by atoms with Crippen LogP contribution in [0, 0.1) is 5.92 Å². The van der Waals surface area contributed by atoms with Crippen LogP contribution in [0.5, 0.6) is 0 Å². The molecule has 1 unspecified atom stereocenters. The van der Waals surface area contributed by atoms with Gasteiger partial charge in [-0.25, -0.2) is 0 Å². The summed E-state index contributed by atoms with van der Waals surface area (Å²) in [7, 11) is 3.97. The van der Waals surface area contributed by atoms with Gasteiger partial charge in [0, 0.05) is 26.1 Å². The van der Waals surface area contributed by atoms with Crippen LogP contribution in [0.1, 0.15) is 12.8 Å². The van der Waals surface area contributed by atoms with E-state index in [1.165, 1.54) is 0 Å². The Balaban J connectivity index is 2.25. The van der Waals surface area contributed by atoms with Crippen molar-refractivity contribution in [2.75, 3.05) is 40.3 Å². The molecule has 0 aromatic heterocycles. The molecule has 0 aromatic carbocycles. The lowest BCUT2D eigenvalue weighted by molar-refractivity contribution is -0.130. The lowest BCUT2D eigenvalue weighted by Crippen LogP contribution is -2.32. The summed E-state index contributed by atoms with van der Waals surface area (Å²) in [5.74, 6) is 0.799. The third-order valence-corrected chi connectivity index (χ3v) is 2.74. The molecule has 2 N–H and O–H groups in total. The van der Waals surface area contributed by atoms with E-state index >= 15 is 0 Å². The second-order valence-corrected chi connectivity index (χ2v) is 4.28. The fraction of sp³-hybridized carbons (Fsp3) is 0.900. The lowest BCUT2D eigenvalue weighted by Gasteiger charge is -2.17. The van der Waals surface area contributed by atoms with E-state index in [4.69, 9.17) is 5.73 Å². The number of hydrogen-bond donors (Lipinski definition) is 1. The summed E-state index contributed by atoms with van der Waals surface area (Å²) >= 11 is 0. The summed E-state index contributed by atoms with van der Waals surface area (Å²) in [6, 6.07) is 0. The molecule has 82 valence electrons. The van der Waals surface area contributed by atoms with Gasteiger partial charge in [0.1, 0.15) is 0 Å². The highest BCUT2D eigenvalue weighted by Crippen LogP contribution is 2.15. The monoisotopic (exact) mass is 199 g/mol. The van der Waals surface area contributed by atoms with Crippen molar-refractivity contribution in [2.45, 2.75) is 12.8 Å². The Bertz CT molecular complexity index is 194. The molecule has 1 heterocycles. The van der Waals surface area contributed by atoms with Gasteiger partial charge in [-0.2, -0.15) is 0 Å². The molecule has 0 bridgehead atoms. The van der Waals surface area contributed by atoms with Gasteiger partial charge in [-0.05, 0) is 33.0 Å². The molecule has 1 aliphatic rings. The molecule has 1 saturated heterocycles. The van der Waals surface area contributed by atoms with Gasteiger partial charge in [0.25, 0.3) is 0 Å². The van der Waals surface area contributed by atoms with Crippen molar-refractivity contribution in [3.63, 3.8) is 0 Å². The fourth-order valence-corrected chi connectivity index (χ4v) is 1.73. The van der Waals surface area contributed by atoms with E-state index in [0.29, 0.717) is 18.9 Å². The summed E-state index contributed by atoms with van der Waals surface area (Å²) in [6.45, 7) is 3.30. The standard InChI is InChI=1S/C10H21N3O/c1-12(2)5-4-10(14)13-6-3-9(7-11)8-13/h9H,3-8,11H2,1-2H3. The van der Waals surface area contributed by atoms with Gasteiger partial charge in [-0.3, -0.25) is 4.79 Å². The molecule has 4 heteroatoms. The molecule has 0 aromatic rings. The van der Waals surface area contributed by atoms with Crippen molar-refractivity contribution < 1.29 is 4.79 Å². The predicted molar refractivity (Wildman–Crippen MR) is 56.9 cm³/mol. The van der Waals surface area contributed by atoms with E-state index in [2.05, 4.69) is 0 Å². The van der Waals surface area contributed by atoms with Crippen LogP contribution in [-0.4, -0.2) is 56.0 Å². The molecule has 4 nitrogen and oxygen atoms in total. The molecule has 1 atom stereocenters. The zero-order valence-electron chi connectivity index (χ0n) is 9.20. The van der Waals surface area contributed by atoms with Crippen molar-refractivity contribution in [3.05, 3.63) is 0 Å². The predicted octanol–water partition coefficient (Wildman–Crippen LogP) is -0.255. The van der Waals surface area contributed by atoms with E-state index in [9.17, 15) is 4.79 Å². The molecule has 1 aliphatic heterocycles. The maximum absolute atomic E-state index is 11.7. The highest BCUT2D eigenvalue weighted by molar-refractivity contribution is 5.76. The maximum Gasteiger partial charge on any atom is 0.223 e. The third kappa shape index (κ3) is 3.27. The zero-order chi connectivity index (χ0) is 10.6. The average Bonchev–Trinajstić information content (AvgIpc) is 2.62. The molecule has 0 radical (unpaired) electrons. The molecule has 0 aliphatic carbocycles. The molecule has 0 saturated carbocycles. The summed E-state index contributed by atoms with van der Waals surface area (Å²) in [4.78, 5) is 15.7. The second-order valence-electron chi connectivity index (χ2n) is 4.28. The molecule has 1 fully saturated rings. The molecule has 0 spiro atoms. The SMILES string of the molecule is CN(C)CCC(=O)N1CCC(CN)C1. The minimum Gasteiger partial charge on any atom is -0.342 e. The first-order valence-electron chi connectivity index (χ1n) is 5.26. The first kappa shape index (κ1) is 11.5. The normalized spacial score (nSPS) is 22.0. The van der Waals surface area contributed by atoms with Crippen molar-refractivity contribution in [2.24, 2.45) is 11.7 Å². The first-order valence-corrected chi connectivity index (χ1v) is 5.26. The van der Waals surface area contributed by atoms with Gasteiger partial charge in [-0.15, -0.1) is 0 Å². The zero-order valence-corrected chi connectivity index (χ0v) is 9.20. The summed E-state index contributed by atoms with van der Waals surface area (Å²) in [6.07, 6.45) is 1.70. The van der Waals surface area contributed by atoms with Crippen LogP contribution in [0.4, 0.5) is 0 Å². The van der Waals surface area contributed by atoms with Gasteiger partial charge in [0.05, 0.1) is 0 Å². The quantitative estimate of drug-likeness (QED) is 0.679. The summed E-state index contributed by atoms with van der Waals surface area (Å²) in [5.41, 5.74) is 5.57. The Morgan fingerprint density at radius 1 is 1.57 bits per heavy atom.